The largest absolute Gasteiger partial charge is 0.479 e. The number of nitrogens with zero attached hydrogens (tertiary/aromatic N) is 3. The van der Waals surface area contributed by atoms with Crippen LogP contribution in [0.4, 0.5) is 10.5 Å². The van der Waals surface area contributed by atoms with Gasteiger partial charge in [0.25, 0.3) is 0 Å². The van der Waals surface area contributed by atoms with E-state index in [1.54, 1.807) is 12.3 Å². The molecule has 25 heavy (non-hydrogen) atoms. The van der Waals surface area contributed by atoms with Crippen LogP contribution in [0.3, 0.4) is 0 Å². The Morgan fingerprint density at radius 3 is 3.08 bits per heavy atom. The first kappa shape index (κ1) is 16.9. The smallest absolute Gasteiger partial charge is 0.322 e. The van der Waals surface area contributed by atoms with Crippen molar-refractivity contribution >= 4 is 11.7 Å². The van der Waals surface area contributed by atoms with Gasteiger partial charge < -0.3 is 19.5 Å². The number of urea groups is 1. The summed E-state index contributed by atoms with van der Waals surface area (Å²) in [5.41, 5.74) is 0.626. The number of carbonyl (C=O) groups excluding carboxylic acids is 1. The third-order valence-corrected chi connectivity index (χ3v) is 4.55. The molecule has 130 valence electrons. The highest BCUT2D eigenvalue weighted by Gasteiger charge is 2.30. The lowest BCUT2D eigenvalue weighted by molar-refractivity contribution is 0.149. The van der Waals surface area contributed by atoms with Gasteiger partial charge >= 0.3 is 6.03 Å². The Kier molecular flexibility index (Phi) is 5.24. The molecule has 2 aromatic rings. The molecule has 0 radical (unpaired) electrons. The molecule has 1 aliphatic rings. The molecule has 2 heterocycles. The normalized spacial score (nSPS) is 19.9. The molecule has 6 nitrogen and oxygen atoms in total. The van der Waals surface area contributed by atoms with Gasteiger partial charge in [-0.15, -0.1) is 6.42 Å². The van der Waals surface area contributed by atoms with Crippen molar-refractivity contribution in [2.45, 2.75) is 19.4 Å². The van der Waals surface area contributed by atoms with E-state index < -0.39 is 0 Å². The molecular formula is C19H22N4O2. The molecule has 2 atom stereocenters. The predicted octanol–water partition coefficient (Wildman–Crippen LogP) is 3.01. The maximum Gasteiger partial charge on any atom is 0.322 e. The van der Waals surface area contributed by atoms with Crippen LogP contribution in [-0.4, -0.2) is 40.2 Å². The van der Waals surface area contributed by atoms with E-state index in [2.05, 4.69) is 27.7 Å². The first-order chi connectivity index (χ1) is 12.2. The molecule has 0 spiro atoms. The van der Waals surface area contributed by atoms with Crippen LogP contribution >= 0.6 is 0 Å². The van der Waals surface area contributed by atoms with Gasteiger partial charge in [0.2, 0.25) is 0 Å². The predicted molar refractivity (Wildman–Crippen MR) is 96.4 cm³/mol. The zero-order chi connectivity index (χ0) is 17.6. The fourth-order valence-electron chi connectivity index (χ4n) is 3.10. The maximum atomic E-state index is 12.7. The molecule has 6 heteroatoms. The molecule has 2 amide bonds. The number of likely N-dealkylation sites (tertiary alicyclic amines) is 1. The zero-order valence-electron chi connectivity index (χ0n) is 14.3. The van der Waals surface area contributed by atoms with Crippen LogP contribution in [0.5, 0.6) is 5.75 Å². The Hall–Kier alpha value is -2.94. The standard InChI is InChI=1S/C19H22N4O2/c1-3-12-25-18-7-5-4-6-16(18)21-19(24)22-10-8-15(2)17(13-22)23-11-9-20-14-23/h1,4-7,9,11,14-15,17H,8,10,12-13H2,2H3,(H,21,24)/t15-,17-/m0/s1. The molecule has 0 unspecified atom stereocenters. The van der Waals surface area contributed by atoms with Gasteiger partial charge in [-0.25, -0.2) is 9.78 Å². The molecule has 1 fully saturated rings. The van der Waals surface area contributed by atoms with E-state index >= 15 is 0 Å². The van der Waals surface area contributed by atoms with Crippen LogP contribution in [0.1, 0.15) is 19.4 Å². The van der Waals surface area contributed by atoms with E-state index in [4.69, 9.17) is 11.2 Å². The highest BCUT2D eigenvalue weighted by atomic mass is 16.5. The lowest BCUT2D eigenvalue weighted by Gasteiger charge is -2.37. The van der Waals surface area contributed by atoms with Crippen molar-refractivity contribution in [1.29, 1.82) is 0 Å². The number of hydrogen-bond acceptors (Lipinski definition) is 3. The highest BCUT2D eigenvalue weighted by Crippen LogP contribution is 2.29. The van der Waals surface area contributed by atoms with Gasteiger partial charge in [-0.1, -0.05) is 25.0 Å². The Morgan fingerprint density at radius 1 is 1.48 bits per heavy atom. The summed E-state index contributed by atoms with van der Waals surface area (Å²) >= 11 is 0. The summed E-state index contributed by atoms with van der Waals surface area (Å²) in [6.45, 7) is 3.75. The number of nitrogens with one attached hydrogen (secondary N) is 1. The zero-order valence-corrected chi connectivity index (χ0v) is 14.3. The Morgan fingerprint density at radius 2 is 2.32 bits per heavy atom. The fraction of sp³-hybridized carbons (Fsp3) is 0.368. The second-order valence-electron chi connectivity index (χ2n) is 6.21. The molecule has 0 bridgehead atoms. The van der Waals surface area contributed by atoms with E-state index in [9.17, 15) is 4.79 Å². The van der Waals surface area contributed by atoms with Gasteiger partial charge in [0.05, 0.1) is 18.1 Å². The quantitative estimate of drug-likeness (QED) is 0.872. The molecule has 3 rings (SSSR count). The van der Waals surface area contributed by atoms with Gasteiger partial charge in [0, 0.05) is 25.5 Å². The number of aromatic nitrogens is 2. The topological polar surface area (TPSA) is 59.4 Å². The number of terminal acetylenes is 1. The van der Waals surface area contributed by atoms with Crippen LogP contribution in [0.25, 0.3) is 0 Å². The maximum absolute atomic E-state index is 12.7. The van der Waals surface area contributed by atoms with Crippen LogP contribution in [0, 0.1) is 18.3 Å². The van der Waals surface area contributed by atoms with Gasteiger partial charge in [-0.3, -0.25) is 0 Å². The monoisotopic (exact) mass is 338 g/mol. The molecule has 1 aromatic carbocycles. The third kappa shape index (κ3) is 3.94. The number of imidazole rings is 1. The number of carbonyl (C=O) groups is 1. The first-order valence-electron chi connectivity index (χ1n) is 8.37. The second kappa shape index (κ2) is 7.75. The van der Waals surface area contributed by atoms with Crippen molar-refractivity contribution in [3.8, 4) is 18.1 Å². The van der Waals surface area contributed by atoms with Crippen molar-refractivity contribution in [3.05, 3.63) is 43.0 Å². The van der Waals surface area contributed by atoms with E-state index in [1.807, 2.05) is 35.6 Å². The van der Waals surface area contributed by atoms with Crippen molar-refractivity contribution < 1.29 is 9.53 Å². The molecule has 1 N–H and O–H groups in total. The summed E-state index contributed by atoms with van der Waals surface area (Å²) in [5.74, 6) is 3.50. The van der Waals surface area contributed by atoms with Crippen molar-refractivity contribution in [2.75, 3.05) is 25.0 Å². The molecular weight excluding hydrogens is 316 g/mol. The summed E-state index contributed by atoms with van der Waals surface area (Å²) < 4.78 is 7.57. The Balaban J connectivity index is 1.68. The van der Waals surface area contributed by atoms with E-state index in [0.29, 0.717) is 23.9 Å². The summed E-state index contributed by atoms with van der Waals surface area (Å²) in [5, 5.41) is 2.94. The van der Waals surface area contributed by atoms with Gasteiger partial charge in [0.15, 0.2) is 0 Å². The van der Waals surface area contributed by atoms with Crippen LogP contribution < -0.4 is 10.1 Å². The minimum absolute atomic E-state index is 0.131. The van der Waals surface area contributed by atoms with Crippen molar-refractivity contribution in [2.24, 2.45) is 5.92 Å². The summed E-state index contributed by atoms with van der Waals surface area (Å²) in [6, 6.07) is 7.40. The highest BCUT2D eigenvalue weighted by molar-refractivity contribution is 5.91. The summed E-state index contributed by atoms with van der Waals surface area (Å²) in [7, 11) is 0. The van der Waals surface area contributed by atoms with Crippen LogP contribution in [0.15, 0.2) is 43.0 Å². The second-order valence-corrected chi connectivity index (χ2v) is 6.21. The number of para-hydroxylation sites is 2. The van der Waals surface area contributed by atoms with Crippen LogP contribution in [-0.2, 0) is 0 Å². The van der Waals surface area contributed by atoms with E-state index in [0.717, 1.165) is 13.0 Å². The Labute approximate surface area is 147 Å². The number of anilines is 1. The lowest BCUT2D eigenvalue weighted by Crippen LogP contribution is -2.45. The average molecular weight is 338 g/mol. The van der Waals surface area contributed by atoms with Gasteiger partial charge in [0.1, 0.15) is 12.4 Å². The molecule has 1 aromatic heterocycles. The minimum Gasteiger partial charge on any atom is -0.479 e. The van der Waals surface area contributed by atoms with Gasteiger partial charge in [-0.2, -0.15) is 0 Å². The number of amides is 2. The molecule has 1 aliphatic heterocycles. The van der Waals surface area contributed by atoms with Crippen molar-refractivity contribution in [1.82, 2.24) is 14.5 Å². The number of ether oxygens (including phenoxy) is 1. The van der Waals surface area contributed by atoms with Crippen LogP contribution in [0.2, 0.25) is 0 Å². The Bertz CT molecular complexity index is 751. The number of rotatable bonds is 4. The molecule has 1 saturated heterocycles. The van der Waals surface area contributed by atoms with Gasteiger partial charge in [-0.05, 0) is 24.5 Å². The van der Waals surface area contributed by atoms with E-state index in [-0.39, 0.29) is 18.7 Å². The summed E-state index contributed by atoms with van der Waals surface area (Å²) in [4.78, 5) is 18.7. The fourth-order valence-corrected chi connectivity index (χ4v) is 3.10. The molecule has 0 aliphatic carbocycles. The third-order valence-electron chi connectivity index (χ3n) is 4.55. The van der Waals surface area contributed by atoms with E-state index in [1.165, 1.54) is 0 Å². The molecule has 0 saturated carbocycles. The minimum atomic E-state index is -0.131. The number of piperidine rings is 1. The van der Waals surface area contributed by atoms with Crippen molar-refractivity contribution in [3.63, 3.8) is 0 Å². The SMILES string of the molecule is C#CCOc1ccccc1NC(=O)N1CC[C@H](C)[C@@H](n2ccnc2)C1. The number of benzene rings is 1. The number of hydrogen-bond donors (Lipinski definition) is 1. The lowest BCUT2D eigenvalue weighted by atomic mass is 9.93. The summed E-state index contributed by atoms with van der Waals surface area (Å²) in [6.07, 6.45) is 11.7. The first-order valence-corrected chi connectivity index (χ1v) is 8.37. The average Bonchev–Trinajstić information content (AvgIpc) is 3.15.